The molecule has 0 radical (unpaired) electrons. The lowest BCUT2D eigenvalue weighted by atomic mass is 10.0. The van der Waals surface area contributed by atoms with E-state index in [4.69, 9.17) is 0 Å². The lowest BCUT2D eigenvalue weighted by Crippen LogP contribution is -2.10. The first-order chi connectivity index (χ1) is 8.22. The summed E-state index contributed by atoms with van der Waals surface area (Å²) in [4.78, 5) is 23.1. The number of hydrogen-bond acceptors (Lipinski definition) is 2. The van der Waals surface area contributed by atoms with Crippen LogP contribution in [0.1, 0.15) is 44.6 Å². The quantitative estimate of drug-likeness (QED) is 0.509. The van der Waals surface area contributed by atoms with Crippen LogP contribution in [0.15, 0.2) is 30.3 Å². The van der Waals surface area contributed by atoms with Crippen molar-refractivity contribution in [2.45, 2.75) is 45.4 Å². The molecule has 0 N–H and O–H groups in total. The lowest BCUT2D eigenvalue weighted by Gasteiger charge is -2.01. The van der Waals surface area contributed by atoms with E-state index in [9.17, 15) is 9.59 Å². The number of Topliss-reactive ketones (excluding diaryl/α,β-unsaturated/α-hetero) is 2. The molecule has 2 heteroatoms. The van der Waals surface area contributed by atoms with E-state index in [0.717, 1.165) is 24.8 Å². The molecule has 17 heavy (non-hydrogen) atoms. The van der Waals surface area contributed by atoms with Crippen LogP contribution in [-0.4, -0.2) is 11.6 Å². The van der Waals surface area contributed by atoms with Gasteiger partial charge in [-0.15, -0.1) is 0 Å². The Morgan fingerprint density at radius 2 is 1.71 bits per heavy atom. The smallest absolute Gasteiger partial charge is 0.144 e. The zero-order valence-electron chi connectivity index (χ0n) is 10.4. The molecule has 0 saturated carbocycles. The van der Waals surface area contributed by atoms with Gasteiger partial charge in [-0.1, -0.05) is 50.1 Å². The predicted octanol–water partition coefficient (Wildman–Crippen LogP) is 3.34. The molecule has 0 heterocycles. The molecule has 1 aromatic carbocycles. The fraction of sp³-hybridized carbons (Fsp3) is 0.467. The first-order valence-corrected chi connectivity index (χ1v) is 6.29. The maximum Gasteiger partial charge on any atom is 0.144 e. The maximum atomic E-state index is 11.6. The summed E-state index contributed by atoms with van der Waals surface area (Å²) in [5, 5.41) is 0. The monoisotopic (exact) mass is 232 g/mol. The van der Waals surface area contributed by atoms with Crippen molar-refractivity contribution in [2.75, 3.05) is 0 Å². The fourth-order valence-corrected chi connectivity index (χ4v) is 1.77. The highest BCUT2D eigenvalue weighted by atomic mass is 16.1. The number of carbonyl (C=O) groups excluding carboxylic acids is 2. The molecule has 0 amide bonds. The highest BCUT2D eigenvalue weighted by Gasteiger charge is 2.09. The standard InChI is InChI=1S/C15H20O2/c1-2-3-5-10-14(16)12-15(17)11-13-8-6-4-7-9-13/h4,6-9H,2-3,5,10-12H2,1H3. The zero-order chi connectivity index (χ0) is 12.5. The summed E-state index contributed by atoms with van der Waals surface area (Å²) in [5.41, 5.74) is 0.985. The molecule has 0 saturated heterocycles. The Labute approximate surface area is 103 Å². The topological polar surface area (TPSA) is 34.1 Å². The molecule has 0 unspecified atom stereocenters. The molecular formula is C15H20O2. The highest BCUT2D eigenvalue weighted by Crippen LogP contribution is 2.06. The fourth-order valence-electron chi connectivity index (χ4n) is 1.77. The van der Waals surface area contributed by atoms with Crippen molar-refractivity contribution in [1.29, 1.82) is 0 Å². The van der Waals surface area contributed by atoms with Crippen molar-refractivity contribution >= 4 is 11.6 Å². The van der Waals surface area contributed by atoms with Gasteiger partial charge in [0.25, 0.3) is 0 Å². The highest BCUT2D eigenvalue weighted by molar-refractivity contribution is 5.99. The van der Waals surface area contributed by atoms with E-state index < -0.39 is 0 Å². The molecule has 92 valence electrons. The minimum absolute atomic E-state index is 0.0256. The van der Waals surface area contributed by atoms with Crippen LogP contribution >= 0.6 is 0 Å². The van der Waals surface area contributed by atoms with E-state index in [1.165, 1.54) is 0 Å². The molecule has 0 bridgehead atoms. The minimum atomic E-state index is 0.0256. The number of ketones is 2. The first kappa shape index (κ1) is 13.6. The molecule has 0 fully saturated rings. The molecule has 0 spiro atoms. The number of unbranched alkanes of at least 4 members (excludes halogenated alkanes) is 2. The van der Waals surface area contributed by atoms with Gasteiger partial charge in [0.15, 0.2) is 0 Å². The van der Waals surface area contributed by atoms with Gasteiger partial charge >= 0.3 is 0 Å². The molecule has 0 aliphatic heterocycles. The Balaban J connectivity index is 2.27. The van der Waals surface area contributed by atoms with Crippen molar-refractivity contribution in [3.05, 3.63) is 35.9 Å². The van der Waals surface area contributed by atoms with E-state index in [2.05, 4.69) is 6.92 Å². The van der Waals surface area contributed by atoms with Crippen LogP contribution in [0.25, 0.3) is 0 Å². The first-order valence-electron chi connectivity index (χ1n) is 6.29. The van der Waals surface area contributed by atoms with Gasteiger partial charge in [-0.25, -0.2) is 0 Å². The van der Waals surface area contributed by atoms with Crippen molar-refractivity contribution < 1.29 is 9.59 Å². The number of carbonyl (C=O) groups is 2. The van der Waals surface area contributed by atoms with E-state index in [1.54, 1.807) is 0 Å². The molecule has 1 aromatic rings. The Kier molecular flexibility index (Phi) is 6.23. The van der Waals surface area contributed by atoms with Crippen LogP contribution in [-0.2, 0) is 16.0 Å². The van der Waals surface area contributed by atoms with Gasteiger partial charge in [-0.2, -0.15) is 0 Å². The molecule has 0 aliphatic rings. The maximum absolute atomic E-state index is 11.6. The van der Waals surface area contributed by atoms with Crippen LogP contribution < -0.4 is 0 Å². The summed E-state index contributed by atoms with van der Waals surface area (Å²) in [6.07, 6.45) is 4.10. The van der Waals surface area contributed by atoms with Crippen LogP contribution in [0.2, 0.25) is 0 Å². The molecular weight excluding hydrogens is 212 g/mol. The van der Waals surface area contributed by atoms with Gasteiger partial charge in [-0.05, 0) is 12.0 Å². The Morgan fingerprint density at radius 3 is 2.35 bits per heavy atom. The van der Waals surface area contributed by atoms with Crippen molar-refractivity contribution in [3.63, 3.8) is 0 Å². The SMILES string of the molecule is CCCCCC(=O)CC(=O)Cc1ccccc1. The van der Waals surface area contributed by atoms with E-state index >= 15 is 0 Å². The summed E-state index contributed by atoms with van der Waals surface area (Å²) >= 11 is 0. The van der Waals surface area contributed by atoms with Gasteiger partial charge in [0.2, 0.25) is 0 Å². The molecule has 0 aliphatic carbocycles. The largest absolute Gasteiger partial charge is 0.299 e. The molecule has 1 rings (SSSR count). The summed E-state index contributed by atoms with van der Waals surface area (Å²) in [7, 11) is 0. The van der Waals surface area contributed by atoms with Crippen LogP contribution in [0.4, 0.5) is 0 Å². The average molecular weight is 232 g/mol. The third kappa shape index (κ3) is 6.00. The summed E-state index contributed by atoms with van der Waals surface area (Å²) in [5.74, 6) is 0.108. The second-order valence-electron chi connectivity index (χ2n) is 4.37. The van der Waals surface area contributed by atoms with Crippen LogP contribution in [0.3, 0.4) is 0 Å². The van der Waals surface area contributed by atoms with Gasteiger partial charge in [0.1, 0.15) is 11.6 Å². The van der Waals surface area contributed by atoms with Crippen molar-refractivity contribution in [1.82, 2.24) is 0 Å². The van der Waals surface area contributed by atoms with Crippen LogP contribution in [0, 0.1) is 0 Å². The second-order valence-corrected chi connectivity index (χ2v) is 4.37. The van der Waals surface area contributed by atoms with E-state index in [-0.39, 0.29) is 18.0 Å². The zero-order valence-corrected chi connectivity index (χ0v) is 10.4. The summed E-state index contributed by atoms with van der Waals surface area (Å²) < 4.78 is 0. The summed E-state index contributed by atoms with van der Waals surface area (Å²) in [6, 6.07) is 9.57. The van der Waals surface area contributed by atoms with Gasteiger partial charge < -0.3 is 0 Å². The van der Waals surface area contributed by atoms with Crippen molar-refractivity contribution in [2.24, 2.45) is 0 Å². The average Bonchev–Trinajstić information content (AvgIpc) is 2.30. The number of rotatable bonds is 8. The molecule has 2 nitrogen and oxygen atoms in total. The predicted molar refractivity (Wildman–Crippen MR) is 68.9 cm³/mol. The molecule has 0 atom stereocenters. The third-order valence-electron chi connectivity index (χ3n) is 2.70. The van der Waals surface area contributed by atoms with Crippen LogP contribution in [0.5, 0.6) is 0 Å². The normalized spacial score (nSPS) is 10.2. The minimum Gasteiger partial charge on any atom is -0.299 e. The Bertz CT molecular complexity index is 354. The Morgan fingerprint density at radius 1 is 1.00 bits per heavy atom. The van der Waals surface area contributed by atoms with E-state index in [1.807, 2.05) is 30.3 Å². The van der Waals surface area contributed by atoms with Gasteiger partial charge in [0.05, 0.1) is 6.42 Å². The number of benzene rings is 1. The third-order valence-corrected chi connectivity index (χ3v) is 2.70. The van der Waals surface area contributed by atoms with Gasteiger partial charge in [0, 0.05) is 12.8 Å². The second kappa shape index (κ2) is 7.77. The number of hydrogen-bond donors (Lipinski definition) is 0. The van der Waals surface area contributed by atoms with Gasteiger partial charge in [-0.3, -0.25) is 9.59 Å². The summed E-state index contributed by atoms with van der Waals surface area (Å²) in [6.45, 7) is 2.10. The molecule has 0 aromatic heterocycles. The lowest BCUT2D eigenvalue weighted by molar-refractivity contribution is -0.126. The van der Waals surface area contributed by atoms with E-state index in [0.29, 0.717) is 12.8 Å². The Hall–Kier alpha value is -1.44. The van der Waals surface area contributed by atoms with Crippen molar-refractivity contribution in [3.8, 4) is 0 Å².